The van der Waals surface area contributed by atoms with Crippen molar-refractivity contribution in [1.29, 1.82) is 0 Å². The predicted octanol–water partition coefficient (Wildman–Crippen LogP) is 3.07. The van der Waals surface area contributed by atoms with E-state index in [0.717, 1.165) is 43.5 Å². The molecule has 0 aromatic heterocycles. The van der Waals surface area contributed by atoms with Crippen molar-refractivity contribution in [2.75, 3.05) is 14.2 Å². The molecule has 1 N–H and O–H groups in total. The van der Waals surface area contributed by atoms with E-state index in [1.165, 1.54) is 14.2 Å². The lowest BCUT2D eigenvalue weighted by Gasteiger charge is -2.29. The number of hydrogen-bond acceptors (Lipinski definition) is 5. The number of esters is 2. The Morgan fingerprint density at radius 1 is 0.955 bits per heavy atom. The second kappa shape index (κ2) is 8.61. The van der Waals surface area contributed by atoms with Crippen LogP contribution in [0.25, 0.3) is 0 Å². The molecule has 0 saturated carbocycles. The van der Waals surface area contributed by atoms with Crippen LogP contribution in [0.5, 0.6) is 0 Å². The average Bonchev–Trinajstić information content (AvgIpc) is 2.50. The van der Waals surface area contributed by atoms with E-state index in [9.17, 15) is 9.59 Å². The smallest absolute Gasteiger partial charge is 0.336 e. The third-order valence-electron chi connectivity index (χ3n) is 4.04. The molecule has 0 unspecified atom stereocenters. The number of rotatable bonds is 7. The van der Waals surface area contributed by atoms with E-state index in [1.807, 2.05) is 13.8 Å². The van der Waals surface area contributed by atoms with Crippen molar-refractivity contribution in [3.05, 3.63) is 22.5 Å². The van der Waals surface area contributed by atoms with Gasteiger partial charge in [-0.3, -0.25) is 0 Å². The van der Waals surface area contributed by atoms with Gasteiger partial charge in [-0.15, -0.1) is 0 Å². The fourth-order valence-electron chi connectivity index (χ4n) is 2.96. The Bertz CT molecular complexity index is 453. The number of ether oxygens (including phenoxy) is 2. The fourth-order valence-corrected chi connectivity index (χ4v) is 2.96. The van der Waals surface area contributed by atoms with Gasteiger partial charge >= 0.3 is 11.9 Å². The highest BCUT2D eigenvalue weighted by Gasteiger charge is 2.35. The minimum Gasteiger partial charge on any atom is -0.466 e. The molecule has 1 aliphatic rings. The number of carbonyl (C=O) groups is 2. The first-order chi connectivity index (χ1) is 10.5. The lowest BCUT2D eigenvalue weighted by molar-refractivity contribution is -0.137. The third-order valence-corrected chi connectivity index (χ3v) is 4.04. The van der Waals surface area contributed by atoms with Crippen molar-refractivity contribution in [1.82, 2.24) is 5.32 Å². The Morgan fingerprint density at radius 2 is 1.45 bits per heavy atom. The first kappa shape index (κ1) is 18.3. The average molecular weight is 309 g/mol. The summed E-state index contributed by atoms with van der Waals surface area (Å²) in [5.41, 5.74) is 2.56. The Hall–Kier alpha value is -1.78. The maximum absolute atomic E-state index is 12.1. The van der Waals surface area contributed by atoms with Crippen molar-refractivity contribution in [3.8, 4) is 0 Å². The van der Waals surface area contributed by atoms with E-state index in [0.29, 0.717) is 11.1 Å². The SMILES string of the molecule is CCCCCCC1C(C(=O)OC)=C(C)NC(C)=C1C(=O)OC. The molecule has 0 aromatic carbocycles. The van der Waals surface area contributed by atoms with Crippen LogP contribution in [-0.4, -0.2) is 26.2 Å². The first-order valence-electron chi connectivity index (χ1n) is 7.83. The molecule has 124 valence electrons. The molecule has 1 heterocycles. The zero-order valence-electron chi connectivity index (χ0n) is 14.2. The standard InChI is InChI=1S/C17H27NO4/c1-6-7-8-9-10-13-14(16(19)21-4)11(2)18-12(3)15(13)17(20)22-5/h13,18H,6-10H2,1-5H3. The Morgan fingerprint density at radius 3 is 1.86 bits per heavy atom. The van der Waals surface area contributed by atoms with Crippen LogP contribution in [0, 0.1) is 5.92 Å². The van der Waals surface area contributed by atoms with Crippen LogP contribution in [0.3, 0.4) is 0 Å². The molecule has 0 aliphatic carbocycles. The summed E-state index contributed by atoms with van der Waals surface area (Å²) in [6, 6.07) is 0. The summed E-state index contributed by atoms with van der Waals surface area (Å²) in [6.07, 6.45) is 5.08. The number of allylic oxidation sites excluding steroid dienone is 2. The van der Waals surface area contributed by atoms with Crippen LogP contribution in [-0.2, 0) is 19.1 Å². The molecule has 0 atom stereocenters. The van der Waals surface area contributed by atoms with Gasteiger partial charge in [0.25, 0.3) is 0 Å². The Balaban J connectivity index is 3.10. The molecule has 0 amide bonds. The van der Waals surface area contributed by atoms with Crippen LogP contribution in [0.1, 0.15) is 52.9 Å². The van der Waals surface area contributed by atoms with Gasteiger partial charge in [-0.05, 0) is 20.3 Å². The largest absolute Gasteiger partial charge is 0.466 e. The number of nitrogens with one attached hydrogen (secondary N) is 1. The lowest BCUT2D eigenvalue weighted by Crippen LogP contribution is -2.33. The fraction of sp³-hybridized carbons (Fsp3) is 0.647. The summed E-state index contributed by atoms with van der Waals surface area (Å²) < 4.78 is 9.81. The number of dihydropyridines is 1. The van der Waals surface area contributed by atoms with E-state index in [2.05, 4.69) is 12.2 Å². The molecule has 0 saturated heterocycles. The summed E-state index contributed by atoms with van der Waals surface area (Å²) in [5, 5.41) is 3.10. The van der Waals surface area contributed by atoms with Crippen molar-refractivity contribution >= 4 is 11.9 Å². The van der Waals surface area contributed by atoms with E-state index >= 15 is 0 Å². The zero-order valence-corrected chi connectivity index (χ0v) is 14.2. The minimum atomic E-state index is -0.389. The molecule has 0 spiro atoms. The second-order valence-corrected chi connectivity index (χ2v) is 5.59. The monoisotopic (exact) mass is 309 g/mol. The molecular formula is C17H27NO4. The molecule has 1 aliphatic heterocycles. The molecule has 5 nitrogen and oxygen atoms in total. The summed E-state index contributed by atoms with van der Waals surface area (Å²) in [5.74, 6) is -1.04. The van der Waals surface area contributed by atoms with Gasteiger partial charge in [0.2, 0.25) is 0 Å². The maximum Gasteiger partial charge on any atom is 0.336 e. The molecule has 5 heteroatoms. The van der Waals surface area contributed by atoms with Gasteiger partial charge in [0, 0.05) is 17.3 Å². The van der Waals surface area contributed by atoms with Gasteiger partial charge in [0.15, 0.2) is 0 Å². The normalized spacial score (nSPS) is 15.7. The molecule has 1 rings (SSSR count). The Labute approximate surface area is 132 Å². The molecule has 0 aromatic rings. The quantitative estimate of drug-likeness (QED) is 0.578. The zero-order chi connectivity index (χ0) is 16.7. The highest BCUT2D eigenvalue weighted by Crippen LogP contribution is 2.34. The number of carbonyl (C=O) groups excluding carboxylic acids is 2. The second-order valence-electron chi connectivity index (χ2n) is 5.59. The lowest BCUT2D eigenvalue weighted by atomic mass is 9.82. The van der Waals surface area contributed by atoms with Crippen LogP contribution in [0.4, 0.5) is 0 Å². The van der Waals surface area contributed by atoms with Gasteiger partial charge < -0.3 is 14.8 Å². The summed E-state index contributed by atoms with van der Waals surface area (Å²) in [6.45, 7) is 5.82. The van der Waals surface area contributed by atoms with Crippen LogP contribution in [0.2, 0.25) is 0 Å². The number of unbranched alkanes of at least 4 members (excludes halogenated alkanes) is 3. The Kier molecular flexibility index (Phi) is 7.15. The molecule has 0 fully saturated rings. The van der Waals surface area contributed by atoms with Gasteiger partial charge in [-0.25, -0.2) is 9.59 Å². The summed E-state index contributed by atoms with van der Waals surface area (Å²) in [7, 11) is 2.72. The molecule has 22 heavy (non-hydrogen) atoms. The molecular weight excluding hydrogens is 282 g/mol. The van der Waals surface area contributed by atoms with Gasteiger partial charge in [-0.2, -0.15) is 0 Å². The van der Waals surface area contributed by atoms with Gasteiger partial charge in [0.05, 0.1) is 25.4 Å². The van der Waals surface area contributed by atoms with Gasteiger partial charge in [-0.1, -0.05) is 32.6 Å². The highest BCUT2D eigenvalue weighted by atomic mass is 16.5. The van der Waals surface area contributed by atoms with E-state index in [1.54, 1.807) is 0 Å². The summed E-state index contributed by atoms with van der Waals surface area (Å²) in [4.78, 5) is 24.3. The van der Waals surface area contributed by atoms with E-state index in [4.69, 9.17) is 9.47 Å². The van der Waals surface area contributed by atoms with Crippen LogP contribution in [0.15, 0.2) is 22.5 Å². The van der Waals surface area contributed by atoms with Crippen molar-refractivity contribution in [2.24, 2.45) is 5.92 Å². The minimum absolute atomic E-state index is 0.266. The van der Waals surface area contributed by atoms with Crippen molar-refractivity contribution in [2.45, 2.75) is 52.9 Å². The van der Waals surface area contributed by atoms with Crippen molar-refractivity contribution < 1.29 is 19.1 Å². The first-order valence-corrected chi connectivity index (χ1v) is 7.83. The van der Waals surface area contributed by atoms with Crippen molar-refractivity contribution in [3.63, 3.8) is 0 Å². The van der Waals surface area contributed by atoms with Crippen LogP contribution >= 0.6 is 0 Å². The number of methoxy groups -OCH3 is 2. The number of hydrogen-bond donors (Lipinski definition) is 1. The maximum atomic E-state index is 12.1. The highest BCUT2D eigenvalue weighted by molar-refractivity contribution is 5.97. The molecule has 0 bridgehead atoms. The van der Waals surface area contributed by atoms with Crippen LogP contribution < -0.4 is 5.32 Å². The summed E-state index contributed by atoms with van der Waals surface area (Å²) >= 11 is 0. The van der Waals surface area contributed by atoms with E-state index in [-0.39, 0.29) is 17.9 Å². The topological polar surface area (TPSA) is 64.6 Å². The third kappa shape index (κ3) is 4.12. The van der Waals surface area contributed by atoms with E-state index < -0.39 is 0 Å². The molecule has 0 radical (unpaired) electrons. The van der Waals surface area contributed by atoms with Gasteiger partial charge in [0.1, 0.15) is 0 Å². The predicted molar refractivity (Wildman–Crippen MR) is 84.8 cm³/mol.